The molecule has 2 heterocycles. The van der Waals surface area contributed by atoms with Crippen molar-refractivity contribution in [1.29, 1.82) is 0 Å². The van der Waals surface area contributed by atoms with Gasteiger partial charge < -0.3 is 64.2 Å². The first-order valence-corrected chi connectivity index (χ1v) is 23.7. The molecule has 11 unspecified atom stereocenters. The molecule has 0 spiro atoms. The number of hydrogen-bond donors (Lipinski definition) is 7. The fraction of sp³-hybridized carbons (Fsp3) is 0.812. The lowest BCUT2D eigenvalue weighted by Gasteiger charge is -2.42. The Morgan fingerprint density at radius 1 is 0.548 bits per heavy atom. The van der Waals surface area contributed by atoms with Gasteiger partial charge in [-0.1, -0.05) is 140 Å². The second kappa shape index (κ2) is 36.2. The van der Waals surface area contributed by atoms with Crippen LogP contribution < -0.4 is 0 Å². The van der Waals surface area contributed by atoms with Crippen LogP contribution in [0.5, 0.6) is 0 Å². The first-order valence-electron chi connectivity index (χ1n) is 23.7. The van der Waals surface area contributed by atoms with Crippen molar-refractivity contribution in [3.05, 3.63) is 48.6 Å². The third-order valence-corrected chi connectivity index (χ3v) is 11.1. The maximum Gasteiger partial charge on any atom is 0.306 e. The Kier molecular flexibility index (Phi) is 32.7. The van der Waals surface area contributed by atoms with Gasteiger partial charge in [-0.3, -0.25) is 4.79 Å². The zero-order valence-electron chi connectivity index (χ0n) is 37.8. The number of carbonyl (C=O) groups excluding carboxylic acids is 1. The number of carbonyl (C=O) groups is 1. The largest absolute Gasteiger partial charge is 0.457 e. The van der Waals surface area contributed by atoms with Crippen LogP contribution in [0.15, 0.2) is 48.6 Å². The van der Waals surface area contributed by atoms with E-state index in [1.807, 2.05) is 0 Å². The minimum absolute atomic E-state index is 0.0404. The summed E-state index contributed by atoms with van der Waals surface area (Å²) in [7, 11) is 0. The van der Waals surface area contributed by atoms with E-state index < -0.39 is 86.7 Å². The molecule has 2 aliphatic heterocycles. The van der Waals surface area contributed by atoms with Crippen LogP contribution in [0.1, 0.15) is 149 Å². The summed E-state index contributed by atoms with van der Waals surface area (Å²) < 4.78 is 34.1. The van der Waals surface area contributed by atoms with Crippen LogP contribution in [-0.2, 0) is 33.2 Å². The monoisotopic (exact) mass is 885 g/mol. The van der Waals surface area contributed by atoms with Crippen LogP contribution >= 0.6 is 0 Å². The summed E-state index contributed by atoms with van der Waals surface area (Å²) in [4.78, 5) is 12.9. The maximum atomic E-state index is 12.9. The molecule has 14 heteroatoms. The minimum atomic E-state index is -1.71. The summed E-state index contributed by atoms with van der Waals surface area (Å²) in [6.07, 6.45) is 23.2. The number of aliphatic hydroxyl groups excluding tert-OH is 7. The SMILES string of the molecule is CC/C=C\C/C=C\C/C=C\C/C=C\CCCCCOCC(COC1OC(COC2OC(CO)C(O)C(O)C2O)C(O)C(O)C1O)OC(=O)CCCCCCCCCCCCCC. The number of unbranched alkanes of at least 4 members (excludes halogenated alkanes) is 14. The molecule has 0 aliphatic carbocycles. The highest BCUT2D eigenvalue weighted by Gasteiger charge is 2.47. The Hall–Kier alpha value is -2.05. The predicted octanol–water partition coefficient (Wildman–Crippen LogP) is 6.01. The van der Waals surface area contributed by atoms with E-state index in [1.165, 1.54) is 51.4 Å². The van der Waals surface area contributed by atoms with E-state index in [0.717, 1.165) is 70.6 Å². The molecule has 0 bridgehead atoms. The van der Waals surface area contributed by atoms with Gasteiger partial charge in [0.15, 0.2) is 12.6 Å². The highest BCUT2D eigenvalue weighted by atomic mass is 16.7. The van der Waals surface area contributed by atoms with Gasteiger partial charge in [-0.2, -0.15) is 0 Å². The third kappa shape index (κ3) is 24.3. The molecular formula is C48H84O14. The summed E-state index contributed by atoms with van der Waals surface area (Å²) >= 11 is 0. The average Bonchev–Trinajstić information content (AvgIpc) is 3.27. The van der Waals surface area contributed by atoms with E-state index in [1.54, 1.807) is 0 Å². The molecule has 0 saturated carbocycles. The number of esters is 1. The molecule has 14 nitrogen and oxygen atoms in total. The highest BCUT2D eigenvalue weighted by Crippen LogP contribution is 2.26. The van der Waals surface area contributed by atoms with Crippen LogP contribution in [0.2, 0.25) is 0 Å². The molecule has 2 rings (SSSR count). The van der Waals surface area contributed by atoms with Gasteiger partial charge in [-0.15, -0.1) is 0 Å². The maximum absolute atomic E-state index is 12.9. The topological polar surface area (TPSA) is 214 Å². The molecule has 11 atom stereocenters. The average molecular weight is 885 g/mol. The predicted molar refractivity (Wildman–Crippen MR) is 238 cm³/mol. The first-order chi connectivity index (χ1) is 30.1. The summed E-state index contributed by atoms with van der Waals surface area (Å²) in [6.45, 7) is 3.47. The lowest BCUT2D eigenvalue weighted by molar-refractivity contribution is -0.332. The Morgan fingerprint density at radius 3 is 1.63 bits per heavy atom. The minimum Gasteiger partial charge on any atom is -0.457 e. The van der Waals surface area contributed by atoms with Crippen LogP contribution in [0, 0.1) is 0 Å². The van der Waals surface area contributed by atoms with Crippen LogP contribution in [-0.4, -0.2) is 142 Å². The van der Waals surface area contributed by atoms with Gasteiger partial charge in [-0.25, -0.2) is 0 Å². The molecule has 0 aromatic rings. The second-order valence-corrected chi connectivity index (χ2v) is 16.6. The fourth-order valence-electron chi connectivity index (χ4n) is 7.22. The van der Waals surface area contributed by atoms with E-state index in [0.29, 0.717) is 13.0 Å². The quantitative estimate of drug-likeness (QED) is 0.0218. The van der Waals surface area contributed by atoms with Crippen molar-refractivity contribution in [2.24, 2.45) is 0 Å². The molecule has 0 aromatic carbocycles. The Balaban J connectivity index is 1.82. The third-order valence-electron chi connectivity index (χ3n) is 11.1. The van der Waals surface area contributed by atoms with Crippen molar-refractivity contribution in [1.82, 2.24) is 0 Å². The van der Waals surface area contributed by atoms with Crippen molar-refractivity contribution >= 4 is 5.97 Å². The van der Waals surface area contributed by atoms with E-state index in [2.05, 4.69) is 62.5 Å². The van der Waals surface area contributed by atoms with Crippen molar-refractivity contribution in [3.8, 4) is 0 Å². The van der Waals surface area contributed by atoms with Gasteiger partial charge in [0.1, 0.15) is 54.9 Å². The summed E-state index contributed by atoms with van der Waals surface area (Å²) in [6, 6.07) is 0. The van der Waals surface area contributed by atoms with E-state index in [4.69, 9.17) is 28.4 Å². The fourth-order valence-corrected chi connectivity index (χ4v) is 7.22. The molecule has 2 saturated heterocycles. The van der Waals surface area contributed by atoms with Crippen LogP contribution in [0.3, 0.4) is 0 Å². The van der Waals surface area contributed by atoms with Crippen molar-refractivity contribution < 1.29 is 69.0 Å². The molecular weight excluding hydrogens is 801 g/mol. The number of allylic oxidation sites excluding steroid dienone is 8. The molecule has 2 fully saturated rings. The second-order valence-electron chi connectivity index (χ2n) is 16.6. The number of rotatable bonds is 36. The molecule has 7 N–H and O–H groups in total. The standard InChI is InChI=1S/C48H84O14/c1-3-5-7-9-11-13-15-17-18-19-20-22-24-26-28-30-32-57-34-37(60-40(50)31-29-27-25-23-21-16-14-12-10-8-6-4-2)35-58-47-46(56)44(54)42(52)39(62-47)36-59-48-45(55)43(53)41(51)38(33-49)61-48/h5,7,11,13,17-18,20,22,37-39,41-49,51-56H,3-4,6,8-10,12,14-16,19,21,23-36H2,1-2H3/b7-5-,13-11-,18-17-,22-20-. The zero-order chi connectivity index (χ0) is 45.2. The van der Waals surface area contributed by atoms with Gasteiger partial charge in [0.2, 0.25) is 0 Å². The molecule has 0 aromatic heterocycles. The summed E-state index contributed by atoms with van der Waals surface area (Å²) in [5.41, 5.74) is 0. The molecule has 0 radical (unpaired) electrons. The zero-order valence-corrected chi connectivity index (χ0v) is 37.8. The summed E-state index contributed by atoms with van der Waals surface area (Å²) in [5.74, 6) is -0.390. The Morgan fingerprint density at radius 2 is 1.05 bits per heavy atom. The molecule has 2 aliphatic rings. The van der Waals surface area contributed by atoms with Gasteiger partial charge in [0.25, 0.3) is 0 Å². The molecule has 0 amide bonds. The highest BCUT2D eigenvalue weighted by molar-refractivity contribution is 5.69. The van der Waals surface area contributed by atoms with E-state index in [9.17, 15) is 40.5 Å². The first kappa shape index (κ1) is 56.1. The molecule has 360 valence electrons. The Bertz CT molecular complexity index is 1210. The van der Waals surface area contributed by atoms with Gasteiger partial charge in [0.05, 0.1) is 26.4 Å². The number of hydrogen-bond acceptors (Lipinski definition) is 14. The smallest absolute Gasteiger partial charge is 0.306 e. The number of ether oxygens (including phenoxy) is 6. The van der Waals surface area contributed by atoms with E-state index in [-0.39, 0.29) is 19.6 Å². The van der Waals surface area contributed by atoms with Crippen LogP contribution in [0.4, 0.5) is 0 Å². The van der Waals surface area contributed by atoms with Crippen molar-refractivity contribution in [2.75, 3.05) is 33.0 Å². The van der Waals surface area contributed by atoms with Crippen molar-refractivity contribution in [3.63, 3.8) is 0 Å². The lowest BCUT2D eigenvalue weighted by Crippen LogP contribution is -2.61. The van der Waals surface area contributed by atoms with Crippen LogP contribution in [0.25, 0.3) is 0 Å². The van der Waals surface area contributed by atoms with Gasteiger partial charge >= 0.3 is 5.97 Å². The normalized spacial score (nSPS) is 27.6. The Labute approximate surface area is 372 Å². The molecule has 62 heavy (non-hydrogen) atoms. The van der Waals surface area contributed by atoms with Gasteiger partial charge in [0, 0.05) is 13.0 Å². The lowest BCUT2D eigenvalue weighted by atomic mass is 9.98. The van der Waals surface area contributed by atoms with E-state index >= 15 is 0 Å². The van der Waals surface area contributed by atoms with Gasteiger partial charge in [-0.05, 0) is 51.4 Å². The summed E-state index contributed by atoms with van der Waals surface area (Å²) in [5, 5.41) is 71.9. The number of aliphatic hydroxyl groups is 7. The van der Waals surface area contributed by atoms with Crippen molar-refractivity contribution in [2.45, 2.75) is 216 Å².